The van der Waals surface area contributed by atoms with Crippen molar-refractivity contribution in [3.63, 3.8) is 0 Å². The zero-order chi connectivity index (χ0) is 15.4. The molecule has 3 rings (SSSR count). The standard InChI is InChI=1S/C17H25N3O2/c21-12-16(14-4-2-1-3-5-14)19-17(22)18-10-13-8-9-20(11-13)15-6-7-15/h1-5,13,15-16,21H,6-12H2,(H2,18,19,22)/t13-,16+/m0/s1. The molecule has 5 nitrogen and oxygen atoms in total. The van der Waals surface area contributed by atoms with Gasteiger partial charge in [0.15, 0.2) is 0 Å². The monoisotopic (exact) mass is 303 g/mol. The smallest absolute Gasteiger partial charge is 0.315 e. The number of rotatable bonds is 6. The Morgan fingerprint density at radius 1 is 1.27 bits per heavy atom. The quantitative estimate of drug-likeness (QED) is 0.746. The molecule has 5 heteroatoms. The molecule has 0 aromatic heterocycles. The highest BCUT2D eigenvalue weighted by molar-refractivity contribution is 5.74. The van der Waals surface area contributed by atoms with Crippen LogP contribution >= 0.6 is 0 Å². The third kappa shape index (κ3) is 3.99. The fraction of sp³-hybridized carbons (Fsp3) is 0.588. The Morgan fingerprint density at radius 2 is 2.05 bits per heavy atom. The van der Waals surface area contributed by atoms with Gasteiger partial charge in [0.25, 0.3) is 0 Å². The minimum Gasteiger partial charge on any atom is -0.394 e. The number of amides is 2. The molecule has 0 spiro atoms. The van der Waals surface area contributed by atoms with Crippen LogP contribution in [0.4, 0.5) is 4.79 Å². The summed E-state index contributed by atoms with van der Waals surface area (Å²) in [4.78, 5) is 14.6. The highest BCUT2D eigenvalue weighted by atomic mass is 16.3. The first-order chi connectivity index (χ1) is 10.8. The summed E-state index contributed by atoms with van der Waals surface area (Å²) < 4.78 is 0. The molecule has 1 saturated heterocycles. The highest BCUT2D eigenvalue weighted by Crippen LogP contribution is 2.31. The number of aliphatic hydroxyl groups excluding tert-OH is 1. The van der Waals surface area contributed by atoms with Crippen molar-refractivity contribution < 1.29 is 9.90 Å². The fourth-order valence-electron chi connectivity index (χ4n) is 3.17. The van der Waals surface area contributed by atoms with Crippen LogP contribution in [0.1, 0.15) is 30.9 Å². The molecule has 1 aliphatic heterocycles. The van der Waals surface area contributed by atoms with Crippen molar-refractivity contribution in [1.82, 2.24) is 15.5 Å². The molecule has 2 atom stereocenters. The summed E-state index contributed by atoms with van der Waals surface area (Å²) in [5.41, 5.74) is 0.918. The van der Waals surface area contributed by atoms with E-state index in [9.17, 15) is 9.90 Å². The van der Waals surface area contributed by atoms with Gasteiger partial charge in [0, 0.05) is 19.1 Å². The summed E-state index contributed by atoms with van der Waals surface area (Å²) in [5, 5.41) is 15.3. The summed E-state index contributed by atoms with van der Waals surface area (Å²) >= 11 is 0. The lowest BCUT2D eigenvalue weighted by Crippen LogP contribution is -2.41. The van der Waals surface area contributed by atoms with Gasteiger partial charge in [0.2, 0.25) is 0 Å². The van der Waals surface area contributed by atoms with Crippen LogP contribution in [-0.4, -0.2) is 48.3 Å². The molecule has 1 aliphatic carbocycles. The van der Waals surface area contributed by atoms with Gasteiger partial charge in [-0.1, -0.05) is 30.3 Å². The van der Waals surface area contributed by atoms with Crippen molar-refractivity contribution in [2.75, 3.05) is 26.2 Å². The topological polar surface area (TPSA) is 64.6 Å². The van der Waals surface area contributed by atoms with Gasteiger partial charge in [-0.2, -0.15) is 0 Å². The number of urea groups is 1. The molecule has 3 N–H and O–H groups in total. The highest BCUT2D eigenvalue weighted by Gasteiger charge is 2.34. The molecule has 120 valence electrons. The summed E-state index contributed by atoms with van der Waals surface area (Å²) in [6, 6.07) is 9.81. The van der Waals surface area contributed by atoms with Gasteiger partial charge in [-0.05, 0) is 37.3 Å². The number of nitrogens with zero attached hydrogens (tertiary/aromatic N) is 1. The van der Waals surface area contributed by atoms with Gasteiger partial charge in [0.1, 0.15) is 0 Å². The van der Waals surface area contributed by atoms with E-state index in [-0.39, 0.29) is 18.7 Å². The average molecular weight is 303 g/mol. The van der Waals surface area contributed by atoms with Crippen LogP contribution in [0.5, 0.6) is 0 Å². The Morgan fingerprint density at radius 3 is 2.73 bits per heavy atom. The molecule has 1 saturated carbocycles. The maximum atomic E-state index is 12.0. The van der Waals surface area contributed by atoms with Crippen LogP contribution in [0.15, 0.2) is 30.3 Å². The lowest BCUT2D eigenvalue weighted by atomic mass is 10.1. The van der Waals surface area contributed by atoms with Crippen molar-refractivity contribution in [3.8, 4) is 0 Å². The molecule has 0 radical (unpaired) electrons. The summed E-state index contributed by atoms with van der Waals surface area (Å²) in [7, 11) is 0. The molecule has 1 aromatic rings. The van der Waals surface area contributed by atoms with Gasteiger partial charge in [-0.3, -0.25) is 0 Å². The SMILES string of the molecule is O=C(NC[C@@H]1CCN(C2CC2)C1)N[C@H](CO)c1ccccc1. The van der Waals surface area contributed by atoms with Crippen molar-refractivity contribution in [1.29, 1.82) is 0 Å². The Labute approximate surface area is 131 Å². The average Bonchev–Trinajstić information content (AvgIpc) is 3.30. The zero-order valence-electron chi connectivity index (χ0n) is 12.9. The van der Waals surface area contributed by atoms with Crippen LogP contribution in [0.3, 0.4) is 0 Å². The summed E-state index contributed by atoms with van der Waals surface area (Å²) in [5.74, 6) is 0.552. The lowest BCUT2D eigenvalue weighted by Gasteiger charge is -2.19. The van der Waals surface area contributed by atoms with Crippen LogP contribution in [0, 0.1) is 5.92 Å². The van der Waals surface area contributed by atoms with Gasteiger partial charge in [0.05, 0.1) is 12.6 Å². The Balaban J connectivity index is 1.42. The minimum atomic E-state index is -0.354. The van der Waals surface area contributed by atoms with Gasteiger partial charge in [-0.25, -0.2) is 4.79 Å². The molecule has 2 amide bonds. The van der Waals surface area contributed by atoms with Crippen LogP contribution in [-0.2, 0) is 0 Å². The predicted octanol–water partition coefficient (Wildman–Crippen LogP) is 1.50. The second-order valence-corrected chi connectivity index (χ2v) is 6.38. The summed E-state index contributed by atoms with van der Waals surface area (Å²) in [6.07, 6.45) is 3.85. The van der Waals surface area contributed by atoms with Crippen LogP contribution in [0.2, 0.25) is 0 Å². The van der Waals surface area contributed by atoms with E-state index in [1.165, 1.54) is 25.8 Å². The van der Waals surface area contributed by atoms with Crippen molar-refractivity contribution in [2.24, 2.45) is 5.92 Å². The van der Waals surface area contributed by atoms with E-state index in [0.717, 1.165) is 18.2 Å². The van der Waals surface area contributed by atoms with E-state index in [4.69, 9.17) is 0 Å². The van der Waals surface area contributed by atoms with E-state index in [1.807, 2.05) is 30.3 Å². The van der Waals surface area contributed by atoms with E-state index in [2.05, 4.69) is 15.5 Å². The third-order valence-corrected chi connectivity index (χ3v) is 4.62. The van der Waals surface area contributed by atoms with Crippen LogP contribution < -0.4 is 10.6 Å². The number of benzene rings is 1. The number of aliphatic hydroxyl groups is 1. The summed E-state index contributed by atoms with van der Waals surface area (Å²) in [6.45, 7) is 2.88. The third-order valence-electron chi connectivity index (χ3n) is 4.62. The second-order valence-electron chi connectivity index (χ2n) is 6.38. The zero-order valence-corrected chi connectivity index (χ0v) is 12.9. The Kier molecular flexibility index (Phi) is 4.95. The van der Waals surface area contributed by atoms with E-state index >= 15 is 0 Å². The van der Waals surface area contributed by atoms with E-state index in [1.54, 1.807) is 0 Å². The molecule has 1 aromatic carbocycles. The van der Waals surface area contributed by atoms with E-state index in [0.29, 0.717) is 12.5 Å². The number of nitrogens with one attached hydrogen (secondary N) is 2. The van der Waals surface area contributed by atoms with Gasteiger partial charge >= 0.3 is 6.03 Å². The molecule has 2 aliphatic rings. The first-order valence-electron chi connectivity index (χ1n) is 8.20. The maximum Gasteiger partial charge on any atom is 0.315 e. The molecular weight excluding hydrogens is 278 g/mol. The Hall–Kier alpha value is -1.59. The first-order valence-corrected chi connectivity index (χ1v) is 8.20. The van der Waals surface area contributed by atoms with Gasteiger partial charge in [-0.15, -0.1) is 0 Å². The lowest BCUT2D eigenvalue weighted by molar-refractivity contribution is 0.215. The maximum absolute atomic E-state index is 12.0. The molecule has 2 fully saturated rings. The minimum absolute atomic E-state index is 0.101. The molecule has 0 unspecified atom stereocenters. The van der Waals surface area contributed by atoms with Crippen molar-refractivity contribution in [2.45, 2.75) is 31.3 Å². The van der Waals surface area contributed by atoms with E-state index < -0.39 is 0 Å². The number of hydrogen-bond acceptors (Lipinski definition) is 3. The number of carbonyl (C=O) groups is 1. The van der Waals surface area contributed by atoms with Crippen LogP contribution in [0.25, 0.3) is 0 Å². The normalized spacial score (nSPS) is 23.2. The Bertz CT molecular complexity index is 490. The van der Waals surface area contributed by atoms with Crippen molar-refractivity contribution in [3.05, 3.63) is 35.9 Å². The fourth-order valence-corrected chi connectivity index (χ4v) is 3.17. The number of hydrogen-bond donors (Lipinski definition) is 3. The number of likely N-dealkylation sites (tertiary alicyclic amines) is 1. The molecular formula is C17H25N3O2. The second kappa shape index (κ2) is 7.11. The number of carbonyl (C=O) groups excluding carboxylic acids is 1. The predicted molar refractivity (Wildman–Crippen MR) is 85.5 cm³/mol. The molecule has 22 heavy (non-hydrogen) atoms. The molecule has 1 heterocycles. The molecule has 0 bridgehead atoms. The van der Waals surface area contributed by atoms with Gasteiger partial charge < -0.3 is 20.6 Å². The van der Waals surface area contributed by atoms with Crippen molar-refractivity contribution >= 4 is 6.03 Å². The largest absolute Gasteiger partial charge is 0.394 e. The first kappa shape index (κ1) is 15.3.